The lowest BCUT2D eigenvalue weighted by Gasteiger charge is -2.25. The van der Waals surface area contributed by atoms with Gasteiger partial charge in [0.1, 0.15) is 11.9 Å². The van der Waals surface area contributed by atoms with E-state index in [1.54, 1.807) is 30.8 Å². The number of carbonyl (C=O) groups excluding carboxylic acids is 1. The Balaban J connectivity index is 2.14. The maximum Gasteiger partial charge on any atom is 0.330 e. The number of ether oxygens (including phenoxy) is 1. The predicted molar refractivity (Wildman–Crippen MR) is 75.9 cm³/mol. The first-order valence-electron chi connectivity index (χ1n) is 6.35. The highest BCUT2D eigenvalue weighted by Gasteiger charge is 2.53. The molecule has 19 heavy (non-hydrogen) atoms. The fraction of sp³-hybridized carbons (Fsp3) is 0.500. The summed E-state index contributed by atoms with van der Waals surface area (Å²) in [6.45, 7) is 2.16. The molecule has 1 fully saturated rings. The summed E-state index contributed by atoms with van der Waals surface area (Å²) in [7, 11) is 0. The average molecular weight is 283 g/mol. The molecule has 0 aromatic heterocycles. The summed E-state index contributed by atoms with van der Waals surface area (Å²) < 4.78 is 17.9. The topological polar surface area (TPSA) is 38.3 Å². The molecule has 0 aliphatic heterocycles. The minimum Gasteiger partial charge on any atom is -0.464 e. The van der Waals surface area contributed by atoms with Crippen molar-refractivity contribution in [3.63, 3.8) is 0 Å². The van der Waals surface area contributed by atoms with Gasteiger partial charge in [0.05, 0.1) is 6.61 Å². The second-order valence-electron chi connectivity index (χ2n) is 4.61. The van der Waals surface area contributed by atoms with Crippen molar-refractivity contribution in [2.45, 2.75) is 30.6 Å². The van der Waals surface area contributed by atoms with Gasteiger partial charge >= 0.3 is 5.97 Å². The lowest BCUT2D eigenvalue weighted by Crippen LogP contribution is -2.41. The molecule has 5 heteroatoms. The van der Waals surface area contributed by atoms with Crippen LogP contribution in [0.1, 0.15) is 19.8 Å². The van der Waals surface area contributed by atoms with Gasteiger partial charge in [-0.2, -0.15) is 11.8 Å². The third-order valence-electron chi connectivity index (χ3n) is 3.35. The Kier molecular flexibility index (Phi) is 4.34. The zero-order chi connectivity index (χ0) is 13.9. The molecular weight excluding hydrogens is 265 g/mol. The van der Waals surface area contributed by atoms with E-state index < -0.39 is 0 Å². The Hall–Kier alpha value is -1.23. The Morgan fingerprint density at radius 2 is 2.11 bits per heavy atom. The summed E-state index contributed by atoms with van der Waals surface area (Å²) in [4.78, 5) is 12.1. The largest absolute Gasteiger partial charge is 0.464 e. The molecule has 1 aromatic carbocycles. The van der Waals surface area contributed by atoms with Crippen molar-refractivity contribution in [1.82, 2.24) is 0 Å². The van der Waals surface area contributed by atoms with Crippen molar-refractivity contribution in [3.05, 3.63) is 30.1 Å². The maximum absolute atomic E-state index is 12.9. The van der Waals surface area contributed by atoms with Gasteiger partial charge < -0.3 is 10.1 Å². The number of anilines is 1. The number of nitrogens with one attached hydrogen (secondary N) is 1. The van der Waals surface area contributed by atoms with Crippen molar-refractivity contribution >= 4 is 23.4 Å². The van der Waals surface area contributed by atoms with E-state index in [9.17, 15) is 9.18 Å². The van der Waals surface area contributed by atoms with E-state index in [4.69, 9.17) is 4.74 Å². The number of halogens is 1. The second kappa shape index (κ2) is 5.82. The maximum atomic E-state index is 12.9. The standard InChI is InChI=1S/C14H18FNO2S/c1-3-18-13(17)12(14(19-2)8-9-14)16-11-6-4-10(15)5-7-11/h4-7,12,16H,3,8-9H2,1-2H3. The van der Waals surface area contributed by atoms with Crippen LogP contribution in [0.25, 0.3) is 0 Å². The lowest BCUT2D eigenvalue weighted by atomic mass is 10.1. The number of thioether (sulfide) groups is 1. The van der Waals surface area contributed by atoms with Crippen molar-refractivity contribution < 1.29 is 13.9 Å². The van der Waals surface area contributed by atoms with Crippen LogP contribution in [0.15, 0.2) is 24.3 Å². The van der Waals surface area contributed by atoms with E-state index in [1.807, 2.05) is 6.26 Å². The second-order valence-corrected chi connectivity index (χ2v) is 5.83. The summed E-state index contributed by atoms with van der Waals surface area (Å²) in [5.74, 6) is -0.525. The molecule has 1 saturated carbocycles. The van der Waals surface area contributed by atoms with Crippen molar-refractivity contribution in [2.75, 3.05) is 18.2 Å². The summed E-state index contributed by atoms with van der Waals surface area (Å²) >= 11 is 1.69. The average Bonchev–Trinajstić information content (AvgIpc) is 3.19. The number of hydrogen-bond acceptors (Lipinski definition) is 4. The zero-order valence-corrected chi connectivity index (χ0v) is 11.9. The van der Waals surface area contributed by atoms with Gasteiger partial charge in [-0.25, -0.2) is 9.18 Å². The predicted octanol–water partition coefficient (Wildman–Crippen LogP) is 3.06. The van der Waals surface area contributed by atoms with Crippen LogP contribution < -0.4 is 5.32 Å². The summed E-state index contributed by atoms with van der Waals surface area (Å²) in [6.07, 6.45) is 3.99. The van der Waals surface area contributed by atoms with E-state index in [-0.39, 0.29) is 22.6 Å². The Labute approximate surface area is 116 Å². The summed E-state index contributed by atoms with van der Waals surface area (Å²) in [6, 6.07) is 5.65. The van der Waals surface area contributed by atoms with E-state index in [2.05, 4.69) is 5.32 Å². The van der Waals surface area contributed by atoms with Crippen LogP contribution in [0.4, 0.5) is 10.1 Å². The van der Waals surface area contributed by atoms with Gasteiger partial charge in [-0.05, 0) is 50.3 Å². The van der Waals surface area contributed by atoms with E-state index in [0.717, 1.165) is 18.5 Å². The monoisotopic (exact) mass is 283 g/mol. The molecule has 104 valence electrons. The fourth-order valence-corrected chi connectivity index (χ4v) is 2.98. The molecule has 0 saturated heterocycles. The van der Waals surface area contributed by atoms with Crippen LogP contribution in [0.5, 0.6) is 0 Å². The molecule has 0 bridgehead atoms. The quantitative estimate of drug-likeness (QED) is 0.814. The molecule has 2 rings (SSSR count). The Morgan fingerprint density at radius 1 is 1.47 bits per heavy atom. The van der Waals surface area contributed by atoms with Crippen LogP contribution in [0.3, 0.4) is 0 Å². The molecule has 3 nitrogen and oxygen atoms in total. The molecule has 1 aliphatic rings. The highest BCUT2D eigenvalue weighted by molar-refractivity contribution is 8.00. The minimum absolute atomic E-state index is 0.0827. The van der Waals surface area contributed by atoms with Crippen molar-refractivity contribution in [3.8, 4) is 0 Å². The Bertz CT molecular complexity index is 445. The molecule has 0 amide bonds. The van der Waals surface area contributed by atoms with Crippen molar-refractivity contribution in [1.29, 1.82) is 0 Å². The van der Waals surface area contributed by atoms with Gasteiger partial charge in [-0.15, -0.1) is 0 Å². The van der Waals surface area contributed by atoms with Crippen molar-refractivity contribution in [2.24, 2.45) is 0 Å². The number of benzene rings is 1. The first-order valence-corrected chi connectivity index (χ1v) is 7.57. The molecule has 0 heterocycles. The highest BCUT2D eigenvalue weighted by Crippen LogP contribution is 2.51. The van der Waals surface area contributed by atoms with Crippen LogP contribution in [-0.2, 0) is 9.53 Å². The number of hydrogen-bond donors (Lipinski definition) is 1. The molecule has 1 atom stereocenters. The third-order valence-corrected chi connectivity index (χ3v) is 4.81. The van der Waals surface area contributed by atoms with Gasteiger partial charge in [0, 0.05) is 10.4 Å². The van der Waals surface area contributed by atoms with Crippen LogP contribution in [0.2, 0.25) is 0 Å². The van der Waals surface area contributed by atoms with E-state index >= 15 is 0 Å². The normalized spacial score (nSPS) is 17.6. The van der Waals surface area contributed by atoms with Gasteiger partial charge in [-0.3, -0.25) is 0 Å². The molecule has 1 aromatic rings. The molecule has 1 N–H and O–H groups in total. The van der Waals surface area contributed by atoms with Gasteiger partial charge in [0.2, 0.25) is 0 Å². The SMILES string of the molecule is CCOC(=O)C(Nc1ccc(F)cc1)C1(SC)CC1. The zero-order valence-electron chi connectivity index (χ0n) is 11.1. The summed E-state index contributed by atoms with van der Waals surface area (Å²) in [5, 5.41) is 3.18. The lowest BCUT2D eigenvalue weighted by molar-refractivity contribution is -0.144. The molecule has 0 spiro atoms. The van der Waals surface area contributed by atoms with Gasteiger partial charge in [0.25, 0.3) is 0 Å². The molecular formula is C14H18FNO2S. The smallest absolute Gasteiger partial charge is 0.330 e. The Morgan fingerprint density at radius 3 is 2.58 bits per heavy atom. The van der Waals surface area contributed by atoms with Gasteiger partial charge in [-0.1, -0.05) is 0 Å². The minimum atomic E-state index is -0.382. The van der Waals surface area contributed by atoms with Gasteiger partial charge in [0.15, 0.2) is 0 Å². The van der Waals surface area contributed by atoms with E-state index in [0.29, 0.717) is 6.61 Å². The number of esters is 1. The first-order chi connectivity index (χ1) is 9.11. The van der Waals surface area contributed by atoms with Crippen LogP contribution in [-0.4, -0.2) is 29.6 Å². The number of rotatable bonds is 6. The third kappa shape index (κ3) is 3.21. The van der Waals surface area contributed by atoms with Crippen LogP contribution in [0, 0.1) is 5.82 Å². The first kappa shape index (κ1) is 14.2. The molecule has 1 unspecified atom stereocenters. The van der Waals surface area contributed by atoms with Crippen LogP contribution >= 0.6 is 11.8 Å². The fourth-order valence-electron chi connectivity index (χ4n) is 2.08. The summed E-state index contributed by atoms with van der Waals surface area (Å²) in [5.41, 5.74) is 0.736. The number of carbonyl (C=O) groups is 1. The van der Waals surface area contributed by atoms with E-state index in [1.165, 1.54) is 12.1 Å². The molecule has 0 radical (unpaired) electrons. The highest BCUT2D eigenvalue weighted by atomic mass is 32.2. The molecule has 1 aliphatic carbocycles.